The number of fused-ring (bicyclic) bond motifs is 1. The first kappa shape index (κ1) is 12.9. The number of carbonyl (C=O) groups is 1. The van der Waals surface area contributed by atoms with Gasteiger partial charge in [-0.25, -0.2) is 4.98 Å². The number of amides is 1. The van der Waals surface area contributed by atoms with Gasteiger partial charge >= 0.3 is 0 Å². The molecule has 0 aliphatic carbocycles. The number of aromatic nitrogens is 1. The average Bonchev–Trinajstić information content (AvgIpc) is 2.69. The summed E-state index contributed by atoms with van der Waals surface area (Å²) in [6.45, 7) is 1.72. The zero-order valence-electron chi connectivity index (χ0n) is 11.4. The van der Waals surface area contributed by atoms with E-state index < -0.39 is 0 Å². The van der Waals surface area contributed by atoms with Crippen LogP contribution in [0, 0.1) is 0 Å². The van der Waals surface area contributed by atoms with Crippen molar-refractivity contribution in [2.24, 2.45) is 0 Å². The van der Waals surface area contributed by atoms with Crippen LogP contribution in [-0.4, -0.2) is 28.9 Å². The van der Waals surface area contributed by atoms with Crippen molar-refractivity contribution < 1.29 is 9.21 Å². The lowest BCUT2D eigenvalue weighted by Crippen LogP contribution is -2.30. The highest BCUT2D eigenvalue weighted by Crippen LogP contribution is 2.16. The largest absolute Gasteiger partial charge is 0.437 e. The quantitative estimate of drug-likeness (QED) is 0.787. The Morgan fingerprint density at radius 3 is 2.65 bits per heavy atom. The zero-order valence-corrected chi connectivity index (χ0v) is 11.4. The van der Waals surface area contributed by atoms with Gasteiger partial charge in [-0.1, -0.05) is 25.0 Å². The lowest BCUT2D eigenvalue weighted by molar-refractivity contribution is -0.125. The van der Waals surface area contributed by atoms with Crippen LogP contribution in [0.4, 0.5) is 0 Å². The molecule has 1 aromatic carbocycles. The normalized spacial score (nSPS) is 16.7. The van der Waals surface area contributed by atoms with Crippen molar-refractivity contribution in [3.05, 3.63) is 36.2 Å². The molecular weight excluding hydrogens is 252 g/mol. The van der Waals surface area contributed by atoms with Crippen molar-refractivity contribution in [1.82, 2.24) is 9.88 Å². The highest BCUT2D eigenvalue weighted by atomic mass is 16.3. The molecule has 0 spiro atoms. The molecule has 1 aliphatic heterocycles. The number of benzene rings is 1. The topological polar surface area (TPSA) is 46.3 Å². The number of likely N-dealkylation sites (tertiary alicyclic amines) is 1. The van der Waals surface area contributed by atoms with Crippen LogP contribution < -0.4 is 0 Å². The summed E-state index contributed by atoms with van der Waals surface area (Å²) in [5.41, 5.74) is 1.56. The van der Waals surface area contributed by atoms with E-state index in [0.717, 1.165) is 37.0 Å². The first-order chi connectivity index (χ1) is 9.83. The van der Waals surface area contributed by atoms with Gasteiger partial charge in [0.05, 0.1) is 0 Å². The molecule has 2 heterocycles. The molecule has 1 saturated heterocycles. The van der Waals surface area contributed by atoms with Gasteiger partial charge in [0.25, 0.3) is 0 Å². The van der Waals surface area contributed by atoms with Crippen molar-refractivity contribution in [2.45, 2.75) is 25.7 Å². The summed E-state index contributed by atoms with van der Waals surface area (Å²) in [6, 6.07) is 7.59. The van der Waals surface area contributed by atoms with E-state index in [2.05, 4.69) is 4.98 Å². The molecule has 0 bridgehead atoms. The minimum absolute atomic E-state index is 0.0501. The fraction of sp³-hybridized carbons (Fsp3) is 0.375. The van der Waals surface area contributed by atoms with Gasteiger partial charge in [0.2, 0.25) is 11.8 Å². The molecule has 1 aliphatic rings. The summed E-state index contributed by atoms with van der Waals surface area (Å²) in [5.74, 6) is 0.531. The van der Waals surface area contributed by atoms with E-state index in [9.17, 15) is 4.79 Å². The van der Waals surface area contributed by atoms with Crippen LogP contribution in [0.2, 0.25) is 0 Å². The minimum Gasteiger partial charge on any atom is -0.437 e. The SMILES string of the molecule is O=C(/C=C\c1nc2ccccc2o1)N1CCCCCC1. The van der Waals surface area contributed by atoms with Gasteiger partial charge in [-0.05, 0) is 25.0 Å². The maximum absolute atomic E-state index is 12.1. The average molecular weight is 270 g/mol. The summed E-state index contributed by atoms with van der Waals surface area (Å²) in [4.78, 5) is 18.3. The standard InChI is InChI=1S/C16H18N2O2/c19-16(18-11-5-1-2-6-12-18)10-9-15-17-13-7-3-4-8-14(13)20-15/h3-4,7-10H,1-2,5-6,11-12H2/b10-9-. The van der Waals surface area contributed by atoms with Crippen LogP contribution in [0.15, 0.2) is 34.8 Å². The van der Waals surface area contributed by atoms with Gasteiger partial charge in [-0.15, -0.1) is 0 Å². The first-order valence-electron chi connectivity index (χ1n) is 7.15. The number of hydrogen-bond acceptors (Lipinski definition) is 3. The van der Waals surface area contributed by atoms with E-state index in [0.29, 0.717) is 5.89 Å². The summed E-state index contributed by atoms with van der Waals surface area (Å²) in [7, 11) is 0. The second-order valence-electron chi connectivity index (χ2n) is 5.09. The van der Waals surface area contributed by atoms with Gasteiger partial charge in [0, 0.05) is 25.2 Å². The Bertz CT molecular complexity index is 589. The fourth-order valence-corrected chi connectivity index (χ4v) is 2.50. The third-order valence-corrected chi connectivity index (χ3v) is 3.60. The molecule has 1 fully saturated rings. The van der Waals surface area contributed by atoms with Crippen LogP contribution in [0.3, 0.4) is 0 Å². The Labute approximate surface area is 118 Å². The Kier molecular flexibility index (Phi) is 3.81. The van der Waals surface area contributed by atoms with Crippen molar-refractivity contribution in [3.8, 4) is 0 Å². The lowest BCUT2D eigenvalue weighted by Gasteiger charge is -2.17. The number of rotatable bonds is 2. The molecule has 0 radical (unpaired) electrons. The molecule has 0 saturated carbocycles. The lowest BCUT2D eigenvalue weighted by atomic mass is 10.2. The molecule has 0 atom stereocenters. The van der Waals surface area contributed by atoms with E-state index in [1.54, 1.807) is 12.2 Å². The number of hydrogen-bond donors (Lipinski definition) is 0. The Morgan fingerprint density at radius 2 is 1.90 bits per heavy atom. The molecule has 104 valence electrons. The van der Waals surface area contributed by atoms with Crippen LogP contribution in [0.5, 0.6) is 0 Å². The molecule has 2 aromatic rings. The highest BCUT2D eigenvalue weighted by molar-refractivity contribution is 5.91. The van der Waals surface area contributed by atoms with Crippen LogP contribution >= 0.6 is 0 Å². The van der Waals surface area contributed by atoms with E-state index in [1.807, 2.05) is 29.2 Å². The predicted octanol–water partition coefficient (Wildman–Crippen LogP) is 3.24. The van der Waals surface area contributed by atoms with E-state index in [1.165, 1.54) is 12.8 Å². The summed E-state index contributed by atoms with van der Waals surface area (Å²) < 4.78 is 5.56. The second kappa shape index (κ2) is 5.90. The maximum Gasteiger partial charge on any atom is 0.246 e. The third kappa shape index (κ3) is 2.90. The van der Waals surface area contributed by atoms with Crippen molar-refractivity contribution in [1.29, 1.82) is 0 Å². The van der Waals surface area contributed by atoms with Gasteiger partial charge in [-0.2, -0.15) is 0 Å². The van der Waals surface area contributed by atoms with E-state index >= 15 is 0 Å². The van der Waals surface area contributed by atoms with Crippen LogP contribution in [-0.2, 0) is 4.79 Å². The third-order valence-electron chi connectivity index (χ3n) is 3.60. The summed E-state index contributed by atoms with van der Waals surface area (Å²) >= 11 is 0. The van der Waals surface area contributed by atoms with Crippen LogP contribution in [0.25, 0.3) is 17.2 Å². The van der Waals surface area contributed by atoms with Crippen molar-refractivity contribution >= 4 is 23.1 Å². The second-order valence-corrected chi connectivity index (χ2v) is 5.09. The summed E-state index contributed by atoms with van der Waals surface area (Å²) in [5, 5.41) is 0. The molecule has 0 unspecified atom stereocenters. The molecule has 1 amide bonds. The Balaban J connectivity index is 1.70. The predicted molar refractivity (Wildman–Crippen MR) is 78.1 cm³/mol. The van der Waals surface area contributed by atoms with Gasteiger partial charge in [0.15, 0.2) is 5.58 Å². The van der Waals surface area contributed by atoms with Gasteiger partial charge in [-0.3, -0.25) is 4.79 Å². The monoisotopic (exact) mass is 270 g/mol. The number of oxazole rings is 1. The molecule has 20 heavy (non-hydrogen) atoms. The van der Waals surface area contributed by atoms with E-state index in [4.69, 9.17) is 4.42 Å². The molecule has 1 aromatic heterocycles. The smallest absolute Gasteiger partial charge is 0.246 e. The number of carbonyl (C=O) groups excluding carboxylic acids is 1. The number of para-hydroxylation sites is 2. The molecular formula is C16H18N2O2. The minimum atomic E-state index is 0.0501. The first-order valence-corrected chi connectivity index (χ1v) is 7.15. The highest BCUT2D eigenvalue weighted by Gasteiger charge is 2.13. The maximum atomic E-state index is 12.1. The fourth-order valence-electron chi connectivity index (χ4n) is 2.50. The van der Waals surface area contributed by atoms with Crippen LogP contribution in [0.1, 0.15) is 31.6 Å². The molecule has 4 nitrogen and oxygen atoms in total. The summed E-state index contributed by atoms with van der Waals surface area (Å²) in [6.07, 6.45) is 7.87. The van der Waals surface area contributed by atoms with E-state index in [-0.39, 0.29) is 5.91 Å². The Hall–Kier alpha value is -2.10. The van der Waals surface area contributed by atoms with Gasteiger partial charge in [0.1, 0.15) is 5.52 Å². The number of nitrogens with zero attached hydrogens (tertiary/aromatic N) is 2. The van der Waals surface area contributed by atoms with Gasteiger partial charge < -0.3 is 9.32 Å². The van der Waals surface area contributed by atoms with Crippen molar-refractivity contribution in [2.75, 3.05) is 13.1 Å². The molecule has 0 N–H and O–H groups in total. The van der Waals surface area contributed by atoms with Crippen molar-refractivity contribution in [3.63, 3.8) is 0 Å². The Morgan fingerprint density at radius 1 is 1.15 bits per heavy atom. The molecule has 4 heteroatoms. The molecule has 3 rings (SSSR count). The zero-order chi connectivity index (χ0) is 13.8.